The van der Waals surface area contributed by atoms with Crippen LogP contribution in [0.3, 0.4) is 0 Å². The van der Waals surface area contributed by atoms with Crippen LogP contribution in [0, 0.1) is 0 Å². The number of fused-ring (bicyclic) bond motifs is 1. The molecule has 0 radical (unpaired) electrons. The first-order chi connectivity index (χ1) is 13.5. The zero-order valence-corrected chi connectivity index (χ0v) is 15.7. The van der Waals surface area contributed by atoms with Crippen LogP contribution in [0.2, 0.25) is 0 Å². The molecule has 4 aromatic rings. The minimum absolute atomic E-state index is 0.0200. The molecule has 5 heteroatoms. The van der Waals surface area contributed by atoms with Gasteiger partial charge in [-0.25, -0.2) is 9.50 Å². The fourth-order valence-corrected chi connectivity index (χ4v) is 3.25. The van der Waals surface area contributed by atoms with Crippen LogP contribution in [0.1, 0.15) is 29.8 Å². The summed E-state index contributed by atoms with van der Waals surface area (Å²) in [5, 5.41) is 4.76. The van der Waals surface area contributed by atoms with Crippen LogP contribution < -0.4 is 0 Å². The van der Waals surface area contributed by atoms with Gasteiger partial charge in [-0.2, -0.15) is 5.10 Å². The van der Waals surface area contributed by atoms with Gasteiger partial charge >= 0.3 is 0 Å². The number of Topliss-reactive ketones (excluding diaryl/α,β-unsaturated/α-hetero) is 2. The van der Waals surface area contributed by atoms with Crippen molar-refractivity contribution >= 4 is 17.2 Å². The number of nitrogens with zero attached hydrogens (tertiary/aromatic N) is 3. The Hall–Kier alpha value is -3.60. The Morgan fingerprint density at radius 2 is 1.71 bits per heavy atom. The van der Waals surface area contributed by atoms with Gasteiger partial charge in [0.2, 0.25) is 0 Å². The number of ketones is 2. The molecule has 0 saturated carbocycles. The molecule has 2 aromatic carbocycles. The number of hydrogen-bond donors (Lipinski definition) is 0. The lowest BCUT2D eigenvalue weighted by Gasteiger charge is -2.07. The molecule has 0 amide bonds. The van der Waals surface area contributed by atoms with Gasteiger partial charge in [-0.15, -0.1) is 0 Å². The summed E-state index contributed by atoms with van der Waals surface area (Å²) in [5.74, 6) is 0.148. The molecular weight excluding hydrogens is 350 g/mol. The number of carbonyl (C=O) groups is 2. The topological polar surface area (TPSA) is 64.3 Å². The van der Waals surface area contributed by atoms with Crippen LogP contribution in [0.4, 0.5) is 0 Å². The molecule has 0 aliphatic rings. The lowest BCUT2D eigenvalue weighted by atomic mass is 10.0. The molecule has 5 nitrogen and oxygen atoms in total. The predicted molar refractivity (Wildman–Crippen MR) is 108 cm³/mol. The zero-order valence-electron chi connectivity index (χ0n) is 15.7. The van der Waals surface area contributed by atoms with Gasteiger partial charge in [0.25, 0.3) is 0 Å². The molecule has 2 aromatic heterocycles. The highest BCUT2D eigenvalue weighted by Crippen LogP contribution is 2.24. The Labute approximate surface area is 162 Å². The van der Waals surface area contributed by atoms with Gasteiger partial charge in [0.1, 0.15) is 5.78 Å². The van der Waals surface area contributed by atoms with Crippen LogP contribution >= 0.6 is 0 Å². The fourth-order valence-electron chi connectivity index (χ4n) is 3.25. The standard InChI is InChI=1S/C23H19N3O2/c1-15(27)11-17-5-3-7-19(12-17)21-9-10-23-24-14-22(26(23)25-21)20-8-4-6-18(13-20)16(2)28/h3-10,12-14H,11H2,1-2H3. The van der Waals surface area contributed by atoms with E-state index in [0.717, 1.165) is 33.7 Å². The predicted octanol–water partition coefficient (Wildman–Crippen LogP) is 4.40. The smallest absolute Gasteiger partial charge is 0.159 e. The zero-order chi connectivity index (χ0) is 19.7. The minimum atomic E-state index is 0.0200. The van der Waals surface area contributed by atoms with Crippen LogP contribution in [-0.2, 0) is 11.2 Å². The van der Waals surface area contributed by atoms with E-state index >= 15 is 0 Å². The Morgan fingerprint density at radius 1 is 0.929 bits per heavy atom. The van der Waals surface area contributed by atoms with Crippen molar-refractivity contribution in [1.82, 2.24) is 14.6 Å². The second-order valence-corrected chi connectivity index (χ2v) is 6.85. The molecule has 0 atom stereocenters. The Bertz CT molecular complexity index is 1210. The monoisotopic (exact) mass is 369 g/mol. The van der Waals surface area contributed by atoms with E-state index in [1.54, 1.807) is 30.6 Å². The maximum atomic E-state index is 11.7. The van der Waals surface area contributed by atoms with Gasteiger partial charge < -0.3 is 0 Å². The quantitative estimate of drug-likeness (QED) is 0.489. The van der Waals surface area contributed by atoms with Crippen molar-refractivity contribution in [2.45, 2.75) is 20.3 Å². The van der Waals surface area contributed by atoms with E-state index in [2.05, 4.69) is 4.98 Å². The first-order valence-corrected chi connectivity index (χ1v) is 9.06. The van der Waals surface area contributed by atoms with Crippen LogP contribution in [-0.4, -0.2) is 26.2 Å². The molecule has 0 aliphatic heterocycles. The Balaban J connectivity index is 1.80. The van der Waals surface area contributed by atoms with Crippen molar-refractivity contribution in [3.05, 3.63) is 78.0 Å². The number of aromatic nitrogens is 3. The van der Waals surface area contributed by atoms with Crippen LogP contribution in [0.5, 0.6) is 0 Å². The SMILES string of the molecule is CC(=O)Cc1cccc(-c2ccc3ncc(-c4cccc(C(C)=O)c4)n3n2)c1. The van der Waals surface area contributed by atoms with Gasteiger partial charge in [-0.1, -0.05) is 36.4 Å². The van der Waals surface area contributed by atoms with Crippen LogP contribution in [0.15, 0.2) is 66.9 Å². The maximum absolute atomic E-state index is 11.7. The third kappa shape index (κ3) is 3.47. The second kappa shape index (κ2) is 7.19. The number of benzene rings is 2. The molecule has 0 N–H and O–H groups in total. The van der Waals surface area contributed by atoms with E-state index in [0.29, 0.717) is 12.0 Å². The van der Waals surface area contributed by atoms with E-state index in [4.69, 9.17) is 5.10 Å². The number of imidazole rings is 1. The molecule has 138 valence electrons. The minimum Gasteiger partial charge on any atom is -0.300 e. The molecule has 28 heavy (non-hydrogen) atoms. The Kier molecular flexibility index (Phi) is 4.57. The average molecular weight is 369 g/mol. The van der Waals surface area contributed by atoms with E-state index in [1.165, 1.54) is 0 Å². The molecule has 2 heterocycles. The normalized spacial score (nSPS) is 10.9. The molecule has 0 fully saturated rings. The van der Waals surface area contributed by atoms with Crippen molar-refractivity contribution in [3.63, 3.8) is 0 Å². The molecule has 4 rings (SSSR count). The lowest BCUT2D eigenvalue weighted by Crippen LogP contribution is -1.99. The summed E-state index contributed by atoms with van der Waals surface area (Å²) >= 11 is 0. The highest BCUT2D eigenvalue weighted by Gasteiger charge is 2.11. The number of carbonyl (C=O) groups excluding carboxylic acids is 2. The highest BCUT2D eigenvalue weighted by atomic mass is 16.1. The second-order valence-electron chi connectivity index (χ2n) is 6.85. The molecule has 0 bridgehead atoms. The van der Waals surface area contributed by atoms with E-state index in [-0.39, 0.29) is 11.6 Å². The summed E-state index contributed by atoms with van der Waals surface area (Å²) < 4.78 is 1.78. The van der Waals surface area contributed by atoms with Gasteiger partial charge in [0.15, 0.2) is 11.4 Å². The third-order valence-corrected chi connectivity index (χ3v) is 4.60. The summed E-state index contributed by atoms with van der Waals surface area (Å²) in [6, 6.07) is 19.1. The van der Waals surface area contributed by atoms with Crippen molar-refractivity contribution in [1.29, 1.82) is 0 Å². The summed E-state index contributed by atoms with van der Waals surface area (Å²) in [6.07, 6.45) is 2.17. The van der Waals surface area contributed by atoms with E-state index in [9.17, 15) is 9.59 Å². The van der Waals surface area contributed by atoms with Crippen molar-refractivity contribution in [3.8, 4) is 22.5 Å². The highest BCUT2D eigenvalue weighted by molar-refractivity contribution is 5.95. The summed E-state index contributed by atoms with van der Waals surface area (Å²) in [4.78, 5) is 27.6. The molecule has 0 saturated heterocycles. The number of rotatable bonds is 5. The van der Waals surface area contributed by atoms with Crippen LogP contribution in [0.25, 0.3) is 28.2 Å². The van der Waals surface area contributed by atoms with Gasteiger partial charge in [-0.3, -0.25) is 9.59 Å². The summed E-state index contributed by atoms with van der Waals surface area (Å²) in [5.41, 5.74) is 5.78. The first kappa shape index (κ1) is 17.8. The molecule has 0 unspecified atom stereocenters. The van der Waals surface area contributed by atoms with E-state index in [1.807, 2.05) is 54.6 Å². The lowest BCUT2D eigenvalue weighted by molar-refractivity contribution is -0.116. The number of hydrogen-bond acceptors (Lipinski definition) is 4. The fraction of sp³-hybridized carbons (Fsp3) is 0.130. The first-order valence-electron chi connectivity index (χ1n) is 9.06. The maximum Gasteiger partial charge on any atom is 0.159 e. The van der Waals surface area contributed by atoms with Gasteiger partial charge in [-0.05, 0) is 43.7 Å². The van der Waals surface area contributed by atoms with Gasteiger partial charge in [0, 0.05) is 23.1 Å². The molecule has 0 aliphatic carbocycles. The van der Waals surface area contributed by atoms with Crippen molar-refractivity contribution < 1.29 is 9.59 Å². The van der Waals surface area contributed by atoms with E-state index < -0.39 is 0 Å². The largest absolute Gasteiger partial charge is 0.300 e. The third-order valence-electron chi connectivity index (χ3n) is 4.60. The Morgan fingerprint density at radius 3 is 2.50 bits per heavy atom. The van der Waals surface area contributed by atoms with Crippen molar-refractivity contribution in [2.75, 3.05) is 0 Å². The molecular formula is C23H19N3O2. The average Bonchev–Trinajstić information content (AvgIpc) is 3.11. The van der Waals surface area contributed by atoms with Crippen molar-refractivity contribution in [2.24, 2.45) is 0 Å². The summed E-state index contributed by atoms with van der Waals surface area (Å²) in [7, 11) is 0. The summed E-state index contributed by atoms with van der Waals surface area (Å²) in [6.45, 7) is 3.14. The molecule has 0 spiro atoms. The van der Waals surface area contributed by atoms with Gasteiger partial charge in [0.05, 0.1) is 17.6 Å².